The van der Waals surface area contributed by atoms with Gasteiger partial charge in [0.25, 0.3) is 0 Å². The van der Waals surface area contributed by atoms with Crippen LogP contribution < -0.4 is 0 Å². The Morgan fingerprint density at radius 1 is 1.15 bits per heavy atom. The number of nitrogens with zero attached hydrogens (tertiary/aromatic N) is 2. The van der Waals surface area contributed by atoms with E-state index in [4.69, 9.17) is 4.74 Å². The number of ether oxygens (including phenoxy) is 1. The summed E-state index contributed by atoms with van der Waals surface area (Å²) in [5.74, 6) is 1.59. The SMILES string of the molecule is COC1CCN(C(C)C(=O)N2CC(C)CC(C)C2)CC1. The van der Waals surface area contributed by atoms with Gasteiger partial charge in [-0.05, 0) is 38.0 Å². The van der Waals surface area contributed by atoms with Crippen LogP contribution in [0.1, 0.15) is 40.0 Å². The average Bonchev–Trinajstić information content (AvgIpc) is 2.45. The molecular weight excluding hydrogens is 252 g/mol. The molecule has 4 heteroatoms. The van der Waals surface area contributed by atoms with Crippen LogP contribution in [0.15, 0.2) is 0 Å². The second-order valence-corrected chi connectivity index (χ2v) is 6.84. The van der Waals surface area contributed by atoms with Gasteiger partial charge in [-0.1, -0.05) is 13.8 Å². The van der Waals surface area contributed by atoms with Crippen molar-refractivity contribution >= 4 is 5.91 Å². The molecule has 2 rings (SSSR count). The van der Waals surface area contributed by atoms with Gasteiger partial charge in [-0.3, -0.25) is 9.69 Å². The van der Waals surface area contributed by atoms with Gasteiger partial charge in [0, 0.05) is 33.3 Å². The molecule has 0 aliphatic carbocycles. The van der Waals surface area contributed by atoms with Gasteiger partial charge in [0.2, 0.25) is 5.91 Å². The van der Waals surface area contributed by atoms with Crippen molar-refractivity contribution < 1.29 is 9.53 Å². The summed E-state index contributed by atoms with van der Waals surface area (Å²) in [4.78, 5) is 17.1. The average molecular weight is 282 g/mol. The van der Waals surface area contributed by atoms with Gasteiger partial charge < -0.3 is 9.64 Å². The number of piperidine rings is 2. The molecule has 2 aliphatic rings. The van der Waals surface area contributed by atoms with Crippen LogP contribution in [0.4, 0.5) is 0 Å². The molecular formula is C16H30N2O2. The molecule has 1 amide bonds. The van der Waals surface area contributed by atoms with Crippen LogP contribution in [0.5, 0.6) is 0 Å². The van der Waals surface area contributed by atoms with Gasteiger partial charge in [0.05, 0.1) is 12.1 Å². The molecule has 0 aromatic carbocycles. The van der Waals surface area contributed by atoms with E-state index in [1.54, 1.807) is 7.11 Å². The molecule has 2 aliphatic heterocycles. The van der Waals surface area contributed by atoms with Crippen molar-refractivity contribution in [2.45, 2.75) is 52.2 Å². The minimum atomic E-state index is 0.0188. The van der Waals surface area contributed by atoms with E-state index in [0.29, 0.717) is 23.8 Å². The van der Waals surface area contributed by atoms with Crippen LogP contribution in [0.2, 0.25) is 0 Å². The molecule has 0 spiro atoms. The van der Waals surface area contributed by atoms with Crippen molar-refractivity contribution in [2.24, 2.45) is 11.8 Å². The monoisotopic (exact) mass is 282 g/mol. The molecule has 2 heterocycles. The zero-order chi connectivity index (χ0) is 14.7. The van der Waals surface area contributed by atoms with Crippen LogP contribution >= 0.6 is 0 Å². The van der Waals surface area contributed by atoms with Crippen molar-refractivity contribution in [3.63, 3.8) is 0 Å². The summed E-state index contributed by atoms with van der Waals surface area (Å²) in [5, 5.41) is 0. The third-order valence-electron chi connectivity index (χ3n) is 4.90. The molecule has 20 heavy (non-hydrogen) atoms. The fourth-order valence-corrected chi connectivity index (χ4v) is 3.76. The number of amides is 1. The summed E-state index contributed by atoms with van der Waals surface area (Å²) in [5.41, 5.74) is 0. The second-order valence-electron chi connectivity index (χ2n) is 6.84. The number of rotatable bonds is 3. The molecule has 0 aromatic rings. The van der Waals surface area contributed by atoms with E-state index in [9.17, 15) is 4.79 Å². The Balaban J connectivity index is 1.88. The van der Waals surface area contributed by atoms with E-state index in [-0.39, 0.29) is 6.04 Å². The molecule has 0 N–H and O–H groups in total. The zero-order valence-corrected chi connectivity index (χ0v) is 13.5. The molecule has 3 atom stereocenters. The van der Waals surface area contributed by atoms with E-state index in [0.717, 1.165) is 39.0 Å². The van der Waals surface area contributed by atoms with Crippen LogP contribution in [0.25, 0.3) is 0 Å². The molecule has 0 aromatic heterocycles. The highest BCUT2D eigenvalue weighted by atomic mass is 16.5. The topological polar surface area (TPSA) is 32.8 Å². The molecule has 4 nitrogen and oxygen atoms in total. The fourth-order valence-electron chi connectivity index (χ4n) is 3.76. The molecule has 3 unspecified atom stereocenters. The predicted molar refractivity (Wildman–Crippen MR) is 80.6 cm³/mol. The normalized spacial score (nSPS) is 31.3. The molecule has 2 fully saturated rings. The third kappa shape index (κ3) is 3.73. The Kier molecular flexibility index (Phi) is 5.44. The van der Waals surface area contributed by atoms with E-state index < -0.39 is 0 Å². The van der Waals surface area contributed by atoms with E-state index >= 15 is 0 Å². The first kappa shape index (κ1) is 15.8. The number of methoxy groups -OCH3 is 1. The number of hydrogen-bond donors (Lipinski definition) is 0. The molecule has 0 bridgehead atoms. The van der Waals surface area contributed by atoms with Crippen LogP contribution in [0.3, 0.4) is 0 Å². The van der Waals surface area contributed by atoms with Gasteiger partial charge in [-0.15, -0.1) is 0 Å². The highest BCUT2D eigenvalue weighted by molar-refractivity contribution is 5.81. The lowest BCUT2D eigenvalue weighted by molar-refractivity contribution is -0.140. The maximum atomic E-state index is 12.7. The standard InChI is InChI=1S/C16H30N2O2/c1-12-9-13(2)11-18(10-12)16(19)14(3)17-7-5-15(20-4)6-8-17/h12-15H,5-11H2,1-4H3. The van der Waals surface area contributed by atoms with E-state index in [1.807, 2.05) is 0 Å². The first-order chi connectivity index (χ1) is 9.51. The first-order valence-corrected chi connectivity index (χ1v) is 8.07. The Hall–Kier alpha value is -0.610. The smallest absolute Gasteiger partial charge is 0.239 e. The minimum Gasteiger partial charge on any atom is -0.381 e. The van der Waals surface area contributed by atoms with Crippen molar-refractivity contribution in [1.82, 2.24) is 9.80 Å². The van der Waals surface area contributed by atoms with Gasteiger partial charge in [0.1, 0.15) is 0 Å². The highest BCUT2D eigenvalue weighted by Gasteiger charge is 2.32. The van der Waals surface area contributed by atoms with E-state index in [1.165, 1.54) is 6.42 Å². The van der Waals surface area contributed by atoms with Gasteiger partial charge in [-0.25, -0.2) is 0 Å². The summed E-state index contributed by atoms with van der Waals surface area (Å²) in [6, 6.07) is 0.0188. The van der Waals surface area contributed by atoms with Gasteiger partial charge in [0.15, 0.2) is 0 Å². The van der Waals surface area contributed by atoms with Crippen LogP contribution in [-0.2, 0) is 9.53 Å². The quantitative estimate of drug-likeness (QED) is 0.793. The Morgan fingerprint density at radius 2 is 1.70 bits per heavy atom. The highest BCUT2D eigenvalue weighted by Crippen LogP contribution is 2.23. The maximum absolute atomic E-state index is 12.7. The lowest BCUT2D eigenvalue weighted by atomic mass is 9.91. The number of carbonyl (C=O) groups is 1. The van der Waals surface area contributed by atoms with Gasteiger partial charge >= 0.3 is 0 Å². The summed E-state index contributed by atoms with van der Waals surface area (Å²) < 4.78 is 5.40. The van der Waals surface area contributed by atoms with Gasteiger partial charge in [-0.2, -0.15) is 0 Å². The van der Waals surface area contributed by atoms with Crippen molar-refractivity contribution in [3.8, 4) is 0 Å². The maximum Gasteiger partial charge on any atom is 0.239 e. The van der Waals surface area contributed by atoms with Crippen LogP contribution in [-0.4, -0.2) is 61.1 Å². The number of carbonyl (C=O) groups excluding carboxylic acids is 1. The largest absolute Gasteiger partial charge is 0.381 e. The number of hydrogen-bond acceptors (Lipinski definition) is 3. The summed E-state index contributed by atoms with van der Waals surface area (Å²) >= 11 is 0. The zero-order valence-electron chi connectivity index (χ0n) is 13.5. The Bertz CT molecular complexity index is 316. The fraction of sp³-hybridized carbons (Fsp3) is 0.938. The molecule has 0 saturated carbocycles. The Labute approximate surface area is 123 Å². The second kappa shape index (κ2) is 6.90. The lowest BCUT2D eigenvalue weighted by Crippen LogP contribution is -2.53. The number of likely N-dealkylation sites (tertiary alicyclic amines) is 2. The van der Waals surface area contributed by atoms with Crippen molar-refractivity contribution in [1.29, 1.82) is 0 Å². The van der Waals surface area contributed by atoms with E-state index in [2.05, 4.69) is 30.6 Å². The molecule has 116 valence electrons. The molecule has 2 saturated heterocycles. The Morgan fingerprint density at radius 3 is 2.20 bits per heavy atom. The first-order valence-electron chi connectivity index (χ1n) is 8.07. The predicted octanol–water partition coefficient (Wildman–Crippen LogP) is 1.99. The van der Waals surface area contributed by atoms with Crippen LogP contribution in [0, 0.1) is 11.8 Å². The minimum absolute atomic E-state index is 0.0188. The molecule has 0 radical (unpaired) electrons. The lowest BCUT2D eigenvalue weighted by Gasteiger charge is -2.40. The van der Waals surface area contributed by atoms with Crippen molar-refractivity contribution in [3.05, 3.63) is 0 Å². The summed E-state index contributed by atoms with van der Waals surface area (Å²) in [6.45, 7) is 10.4. The summed E-state index contributed by atoms with van der Waals surface area (Å²) in [6.07, 6.45) is 3.71. The third-order valence-corrected chi connectivity index (χ3v) is 4.90. The van der Waals surface area contributed by atoms with Crippen molar-refractivity contribution in [2.75, 3.05) is 33.3 Å². The summed E-state index contributed by atoms with van der Waals surface area (Å²) in [7, 11) is 1.78.